The summed E-state index contributed by atoms with van der Waals surface area (Å²) in [6.07, 6.45) is -0.539. The molecule has 1 heterocycles. The summed E-state index contributed by atoms with van der Waals surface area (Å²) in [5.41, 5.74) is -0.891. The number of aromatic nitrogens is 2. The fourth-order valence-corrected chi connectivity index (χ4v) is 2.99. The SMILES string of the molecule is CSC1=C(Nc2cccc(C(F)(F)F)c2)C(=O)c2cncnc2C1=O. The van der Waals surface area contributed by atoms with E-state index in [2.05, 4.69) is 15.3 Å². The zero-order chi connectivity index (χ0) is 18.2. The van der Waals surface area contributed by atoms with Crippen molar-refractivity contribution in [1.29, 1.82) is 0 Å². The minimum absolute atomic E-state index is 0.0137. The molecule has 0 unspecified atom stereocenters. The molecule has 2 aromatic rings. The molecular formula is C16H10F3N3O2S. The highest BCUT2D eigenvalue weighted by atomic mass is 32.2. The summed E-state index contributed by atoms with van der Waals surface area (Å²) in [4.78, 5) is 32.8. The number of nitrogens with one attached hydrogen (secondary N) is 1. The molecule has 0 radical (unpaired) electrons. The Kier molecular flexibility index (Phi) is 4.34. The van der Waals surface area contributed by atoms with E-state index in [1.165, 1.54) is 18.3 Å². The number of carbonyl (C=O) groups excluding carboxylic acids is 2. The first-order chi connectivity index (χ1) is 11.8. The van der Waals surface area contributed by atoms with Crippen molar-refractivity contribution in [3.8, 4) is 0 Å². The maximum absolute atomic E-state index is 12.8. The van der Waals surface area contributed by atoms with Crippen LogP contribution in [0.15, 0.2) is 47.4 Å². The minimum Gasteiger partial charge on any atom is -0.351 e. The van der Waals surface area contributed by atoms with Crippen molar-refractivity contribution < 1.29 is 22.8 Å². The summed E-state index contributed by atoms with van der Waals surface area (Å²) in [6, 6.07) is 4.40. The second-order valence-corrected chi connectivity index (χ2v) is 5.87. The average Bonchev–Trinajstić information content (AvgIpc) is 2.59. The number of rotatable bonds is 3. The molecule has 3 rings (SSSR count). The number of anilines is 1. The molecule has 1 aromatic carbocycles. The van der Waals surface area contributed by atoms with Crippen molar-refractivity contribution in [2.75, 3.05) is 11.6 Å². The van der Waals surface area contributed by atoms with Crippen LogP contribution >= 0.6 is 11.8 Å². The molecule has 128 valence electrons. The molecule has 1 aliphatic rings. The van der Waals surface area contributed by atoms with Gasteiger partial charge >= 0.3 is 6.18 Å². The molecule has 9 heteroatoms. The maximum atomic E-state index is 12.8. The van der Waals surface area contributed by atoms with Gasteiger partial charge in [-0.15, -0.1) is 11.8 Å². The first kappa shape index (κ1) is 17.2. The Labute approximate surface area is 144 Å². The van der Waals surface area contributed by atoms with Crippen LogP contribution in [0.1, 0.15) is 26.4 Å². The number of nitrogens with zero attached hydrogens (tertiary/aromatic N) is 2. The van der Waals surface area contributed by atoms with Gasteiger partial charge in [-0.25, -0.2) is 9.97 Å². The van der Waals surface area contributed by atoms with Gasteiger partial charge in [-0.3, -0.25) is 9.59 Å². The van der Waals surface area contributed by atoms with Crippen LogP contribution in [-0.2, 0) is 6.18 Å². The van der Waals surface area contributed by atoms with Crippen molar-refractivity contribution in [3.05, 3.63) is 64.2 Å². The number of carbonyl (C=O) groups is 2. The van der Waals surface area contributed by atoms with Crippen molar-refractivity contribution in [2.45, 2.75) is 6.18 Å². The number of alkyl halides is 3. The lowest BCUT2D eigenvalue weighted by molar-refractivity contribution is -0.137. The van der Waals surface area contributed by atoms with Gasteiger partial charge in [0.1, 0.15) is 17.7 Å². The number of halogens is 3. The van der Waals surface area contributed by atoms with E-state index in [0.717, 1.165) is 30.2 Å². The Hall–Kier alpha value is -2.68. The largest absolute Gasteiger partial charge is 0.416 e. The predicted molar refractivity (Wildman–Crippen MR) is 86.3 cm³/mol. The quantitative estimate of drug-likeness (QED) is 0.897. The Morgan fingerprint density at radius 2 is 1.92 bits per heavy atom. The highest BCUT2D eigenvalue weighted by molar-refractivity contribution is 8.03. The van der Waals surface area contributed by atoms with Crippen molar-refractivity contribution in [1.82, 2.24) is 9.97 Å². The van der Waals surface area contributed by atoms with Crippen molar-refractivity contribution >= 4 is 29.0 Å². The molecular weight excluding hydrogens is 355 g/mol. The molecule has 5 nitrogen and oxygen atoms in total. The van der Waals surface area contributed by atoms with Crippen LogP contribution in [0.25, 0.3) is 0 Å². The third-order valence-corrected chi connectivity index (χ3v) is 4.29. The minimum atomic E-state index is -4.51. The highest BCUT2D eigenvalue weighted by Crippen LogP contribution is 2.33. The van der Waals surface area contributed by atoms with Gasteiger partial charge in [-0.05, 0) is 24.5 Å². The van der Waals surface area contributed by atoms with Gasteiger partial charge in [0.15, 0.2) is 0 Å². The van der Waals surface area contributed by atoms with Crippen LogP contribution in [0.2, 0.25) is 0 Å². The first-order valence-corrected chi connectivity index (χ1v) is 8.17. The van der Waals surface area contributed by atoms with E-state index in [0.29, 0.717) is 0 Å². The number of allylic oxidation sites excluding steroid dienone is 2. The van der Waals surface area contributed by atoms with Gasteiger partial charge in [0, 0.05) is 11.9 Å². The Balaban J connectivity index is 2.04. The molecule has 0 saturated carbocycles. The standard InChI is InChI=1S/C16H10F3N3O2S/c1-25-15-12(13(23)10-6-20-7-21-11(10)14(15)24)22-9-4-2-3-8(5-9)16(17,18)19/h2-7,22H,1H3. The van der Waals surface area contributed by atoms with Crippen LogP contribution in [0, 0.1) is 0 Å². The fraction of sp³-hybridized carbons (Fsp3) is 0.125. The molecule has 1 aromatic heterocycles. The lowest BCUT2D eigenvalue weighted by Gasteiger charge is -2.20. The van der Waals surface area contributed by atoms with Crippen molar-refractivity contribution in [2.24, 2.45) is 0 Å². The number of hydrogen-bond acceptors (Lipinski definition) is 6. The molecule has 0 atom stereocenters. The third-order valence-electron chi connectivity index (χ3n) is 3.50. The lowest BCUT2D eigenvalue weighted by atomic mass is 9.98. The van der Waals surface area contributed by atoms with E-state index < -0.39 is 23.3 Å². The molecule has 0 aliphatic heterocycles. The Morgan fingerprint density at radius 3 is 2.60 bits per heavy atom. The summed E-state index contributed by atoms with van der Waals surface area (Å²) >= 11 is 1.02. The topological polar surface area (TPSA) is 72.0 Å². The van der Waals surface area contributed by atoms with Crippen molar-refractivity contribution in [3.63, 3.8) is 0 Å². The predicted octanol–water partition coefficient (Wildman–Crippen LogP) is 3.56. The first-order valence-electron chi connectivity index (χ1n) is 6.95. The van der Waals surface area contributed by atoms with Gasteiger partial charge in [0.05, 0.1) is 16.0 Å². The number of hydrogen-bond donors (Lipinski definition) is 1. The van der Waals surface area contributed by atoms with E-state index in [-0.39, 0.29) is 27.5 Å². The molecule has 1 aliphatic carbocycles. The monoisotopic (exact) mass is 365 g/mol. The van der Waals surface area contributed by atoms with Gasteiger partial charge in [0.2, 0.25) is 11.6 Å². The van der Waals surface area contributed by atoms with Crippen LogP contribution in [0.5, 0.6) is 0 Å². The fourth-order valence-electron chi connectivity index (χ4n) is 2.36. The van der Waals surface area contributed by atoms with E-state index >= 15 is 0 Å². The number of benzene rings is 1. The lowest BCUT2D eigenvalue weighted by Crippen LogP contribution is -2.26. The number of thioether (sulfide) groups is 1. The highest BCUT2D eigenvalue weighted by Gasteiger charge is 2.34. The Morgan fingerprint density at radius 1 is 1.16 bits per heavy atom. The average molecular weight is 365 g/mol. The van der Waals surface area contributed by atoms with Crippen LogP contribution in [-0.4, -0.2) is 27.8 Å². The number of Topliss-reactive ketones (excluding diaryl/α,β-unsaturated/α-hetero) is 2. The van der Waals surface area contributed by atoms with Gasteiger partial charge < -0.3 is 5.32 Å². The van der Waals surface area contributed by atoms with Gasteiger partial charge in [0.25, 0.3) is 0 Å². The zero-order valence-electron chi connectivity index (χ0n) is 12.7. The van der Waals surface area contributed by atoms with Crippen LogP contribution in [0.3, 0.4) is 0 Å². The van der Waals surface area contributed by atoms with E-state index in [4.69, 9.17) is 0 Å². The summed E-state index contributed by atoms with van der Waals surface area (Å²) in [7, 11) is 0. The Bertz CT molecular complexity index is 909. The second-order valence-electron chi connectivity index (χ2n) is 5.06. The summed E-state index contributed by atoms with van der Waals surface area (Å²) < 4.78 is 38.5. The smallest absolute Gasteiger partial charge is 0.351 e. The number of fused-ring (bicyclic) bond motifs is 1. The maximum Gasteiger partial charge on any atom is 0.416 e. The zero-order valence-corrected chi connectivity index (χ0v) is 13.5. The third kappa shape index (κ3) is 3.14. The molecule has 25 heavy (non-hydrogen) atoms. The van der Waals surface area contributed by atoms with E-state index in [1.54, 1.807) is 6.26 Å². The summed E-state index contributed by atoms with van der Waals surface area (Å²) in [5, 5.41) is 2.65. The molecule has 0 bridgehead atoms. The molecule has 0 saturated heterocycles. The molecule has 0 amide bonds. The van der Waals surface area contributed by atoms with E-state index in [1.807, 2.05) is 0 Å². The molecule has 0 spiro atoms. The van der Waals surface area contributed by atoms with E-state index in [9.17, 15) is 22.8 Å². The number of ketones is 2. The molecule has 0 fully saturated rings. The van der Waals surface area contributed by atoms with Crippen LogP contribution in [0.4, 0.5) is 18.9 Å². The second kappa shape index (κ2) is 6.32. The van der Waals surface area contributed by atoms with Gasteiger partial charge in [-0.1, -0.05) is 6.07 Å². The normalized spacial score (nSPS) is 14.6. The molecule has 1 N–H and O–H groups in total. The van der Waals surface area contributed by atoms with Crippen LogP contribution < -0.4 is 5.32 Å². The summed E-state index contributed by atoms with van der Waals surface area (Å²) in [5.74, 6) is -1.02. The summed E-state index contributed by atoms with van der Waals surface area (Å²) in [6.45, 7) is 0. The van der Waals surface area contributed by atoms with Gasteiger partial charge in [-0.2, -0.15) is 13.2 Å².